The van der Waals surface area contributed by atoms with E-state index < -0.39 is 13.7 Å². The van der Waals surface area contributed by atoms with Crippen LogP contribution >= 0.6 is 0 Å². The Hall–Kier alpha value is -0.413. The molecule has 1 aliphatic carbocycles. The SMILES string of the molecule is CCCCC1=C([Si](C(C)C)(C(C)C)C(C)C)C(=O)[C@@H](C)[C@]1(C)OC. The van der Waals surface area contributed by atoms with E-state index >= 15 is 0 Å². The Bertz CT molecular complexity index is 468. The van der Waals surface area contributed by atoms with Gasteiger partial charge < -0.3 is 4.74 Å². The molecule has 140 valence electrons. The van der Waals surface area contributed by atoms with Crippen molar-refractivity contribution in [1.29, 1.82) is 0 Å². The van der Waals surface area contributed by atoms with Crippen LogP contribution in [-0.2, 0) is 9.53 Å². The second-order valence-corrected chi connectivity index (χ2v) is 14.6. The Labute approximate surface area is 151 Å². The van der Waals surface area contributed by atoms with Crippen molar-refractivity contribution in [3.63, 3.8) is 0 Å². The van der Waals surface area contributed by atoms with Crippen molar-refractivity contribution in [3.05, 3.63) is 10.8 Å². The van der Waals surface area contributed by atoms with Crippen LogP contribution in [0.3, 0.4) is 0 Å². The Morgan fingerprint density at radius 3 is 1.88 bits per heavy atom. The molecule has 0 unspecified atom stereocenters. The molecule has 0 radical (unpaired) electrons. The largest absolute Gasteiger partial charge is 0.373 e. The third-order valence-corrected chi connectivity index (χ3v) is 14.0. The first-order valence-electron chi connectivity index (χ1n) is 9.86. The number of carbonyl (C=O) groups excluding carboxylic acids is 1. The molecule has 24 heavy (non-hydrogen) atoms. The highest BCUT2D eigenvalue weighted by Crippen LogP contribution is 2.54. The number of unbranched alkanes of at least 4 members (excludes halogenated alkanes) is 1. The quantitative estimate of drug-likeness (QED) is 0.478. The zero-order chi connectivity index (χ0) is 18.9. The van der Waals surface area contributed by atoms with Gasteiger partial charge in [0.05, 0.1) is 19.6 Å². The average Bonchev–Trinajstić information content (AvgIpc) is 2.67. The second-order valence-electron chi connectivity index (χ2n) is 8.75. The van der Waals surface area contributed by atoms with Gasteiger partial charge in [-0.25, -0.2) is 0 Å². The van der Waals surface area contributed by atoms with E-state index in [9.17, 15) is 4.79 Å². The first-order valence-corrected chi connectivity index (χ1v) is 12.1. The number of ether oxygens (including phenoxy) is 1. The molecule has 0 fully saturated rings. The molecular weight excluding hydrogens is 312 g/mol. The van der Waals surface area contributed by atoms with Gasteiger partial charge in [0.25, 0.3) is 0 Å². The molecule has 0 saturated carbocycles. The number of Topliss-reactive ketones (excluding diaryl/α,β-unsaturated/α-hetero) is 1. The molecule has 0 aromatic heterocycles. The number of carbonyl (C=O) groups is 1. The van der Waals surface area contributed by atoms with Gasteiger partial charge in [0.2, 0.25) is 0 Å². The summed E-state index contributed by atoms with van der Waals surface area (Å²) >= 11 is 0. The minimum absolute atomic E-state index is 0.0625. The highest BCUT2D eigenvalue weighted by atomic mass is 28.3. The average molecular weight is 353 g/mol. The van der Waals surface area contributed by atoms with Crippen LogP contribution in [0.1, 0.15) is 81.6 Å². The fourth-order valence-electron chi connectivity index (χ4n) is 5.49. The Morgan fingerprint density at radius 2 is 1.54 bits per heavy atom. The summed E-state index contributed by atoms with van der Waals surface area (Å²) in [6.07, 6.45) is 3.29. The van der Waals surface area contributed by atoms with Gasteiger partial charge in [0.15, 0.2) is 5.78 Å². The lowest BCUT2D eigenvalue weighted by atomic mass is 9.86. The molecule has 2 nitrogen and oxygen atoms in total. The summed E-state index contributed by atoms with van der Waals surface area (Å²) in [6.45, 7) is 20.5. The molecule has 0 amide bonds. The standard InChI is InChI=1S/C21H40O2Si/c1-11-12-13-18-20(19(22)17(8)21(18,9)23-10)24(14(2)3,15(4)5)16(6)7/h14-17H,11-13H2,1-10H3/t17-,21+/m1/s1. The maximum Gasteiger partial charge on any atom is 0.161 e. The summed E-state index contributed by atoms with van der Waals surface area (Å²) in [6, 6.07) is 0. The van der Waals surface area contributed by atoms with E-state index in [0.717, 1.165) is 19.3 Å². The highest BCUT2D eigenvalue weighted by molar-refractivity contribution is 6.93. The van der Waals surface area contributed by atoms with Crippen LogP contribution in [0.15, 0.2) is 10.8 Å². The smallest absolute Gasteiger partial charge is 0.161 e. The van der Waals surface area contributed by atoms with Crippen LogP contribution in [-0.4, -0.2) is 26.6 Å². The molecule has 0 aromatic carbocycles. The minimum atomic E-state index is -1.97. The topological polar surface area (TPSA) is 26.3 Å². The molecule has 0 aliphatic heterocycles. The number of rotatable bonds is 8. The van der Waals surface area contributed by atoms with Gasteiger partial charge in [0.1, 0.15) is 0 Å². The van der Waals surface area contributed by atoms with Crippen LogP contribution in [0, 0.1) is 5.92 Å². The number of methoxy groups -OCH3 is 1. The predicted molar refractivity (Wildman–Crippen MR) is 107 cm³/mol. The lowest BCUT2D eigenvalue weighted by Gasteiger charge is -2.45. The molecule has 1 rings (SSSR count). The van der Waals surface area contributed by atoms with Crippen molar-refractivity contribution < 1.29 is 9.53 Å². The lowest BCUT2D eigenvalue weighted by molar-refractivity contribution is -0.123. The summed E-state index contributed by atoms with van der Waals surface area (Å²) in [7, 11) is -0.188. The van der Waals surface area contributed by atoms with Gasteiger partial charge in [-0.05, 0) is 47.2 Å². The van der Waals surface area contributed by atoms with Gasteiger partial charge in [-0.15, -0.1) is 0 Å². The van der Waals surface area contributed by atoms with Gasteiger partial charge in [-0.2, -0.15) is 0 Å². The van der Waals surface area contributed by atoms with Gasteiger partial charge in [-0.3, -0.25) is 4.79 Å². The van der Waals surface area contributed by atoms with E-state index in [1.807, 2.05) is 0 Å². The molecule has 2 atom stereocenters. The minimum Gasteiger partial charge on any atom is -0.373 e. The molecule has 1 aliphatic rings. The summed E-state index contributed by atoms with van der Waals surface area (Å²) in [4.78, 5) is 13.5. The number of ketones is 1. The van der Waals surface area contributed by atoms with Crippen molar-refractivity contribution >= 4 is 13.9 Å². The van der Waals surface area contributed by atoms with Crippen molar-refractivity contribution in [2.24, 2.45) is 5.92 Å². The van der Waals surface area contributed by atoms with Gasteiger partial charge >= 0.3 is 0 Å². The van der Waals surface area contributed by atoms with Crippen molar-refractivity contribution in [1.82, 2.24) is 0 Å². The fraction of sp³-hybridized carbons (Fsp3) is 0.857. The predicted octanol–water partition coefficient (Wildman–Crippen LogP) is 6.32. The van der Waals surface area contributed by atoms with Crippen molar-refractivity contribution in [3.8, 4) is 0 Å². The normalized spacial score (nSPS) is 25.7. The molecule has 3 heteroatoms. The molecule has 0 heterocycles. The molecule has 0 bridgehead atoms. The first-order chi connectivity index (χ1) is 11.0. The third-order valence-electron chi connectivity index (χ3n) is 6.87. The van der Waals surface area contributed by atoms with E-state index in [2.05, 4.69) is 62.3 Å². The summed E-state index contributed by atoms with van der Waals surface area (Å²) < 4.78 is 6.00. The van der Waals surface area contributed by atoms with Crippen LogP contribution in [0.25, 0.3) is 0 Å². The van der Waals surface area contributed by atoms with Crippen LogP contribution in [0.4, 0.5) is 0 Å². The highest BCUT2D eigenvalue weighted by Gasteiger charge is 2.57. The van der Waals surface area contributed by atoms with Crippen LogP contribution in [0.2, 0.25) is 16.6 Å². The maximum atomic E-state index is 13.5. The van der Waals surface area contributed by atoms with Crippen molar-refractivity contribution in [2.45, 2.75) is 104 Å². The Balaban J connectivity index is 3.78. The van der Waals surface area contributed by atoms with E-state index in [1.54, 1.807) is 7.11 Å². The molecule has 0 spiro atoms. The monoisotopic (exact) mass is 352 g/mol. The second kappa shape index (κ2) is 7.86. The summed E-state index contributed by atoms with van der Waals surface area (Å²) in [5.41, 5.74) is 2.59. The van der Waals surface area contributed by atoms with E-state index in [1.165, 1.54) is 10.8 Å². The van der Waals surface area contributed by atoms with Gasteiger partial charge in [-0.1, -0.05) is 61.8 Å². The van der Waals surface area contributed by atoms with E-state index in [-0.39, 0.29) is 5.92 Å². The van der Waals surface area contributed by atoms with Crippen LogP contribution < -0.4 is 0 Å². The fourth-order valence-corrected chi connectivity index (χ4v) is 12.8. The zero-order valence-electron chi connectivity index (χ0n) is 17.7. The molecule has 0 N–H and O–H groups in total. The van der Waals surface area contributed by atoms with Gasteiger partial charge in [0, 0.05) is 7.11 Å². The summed E-state index contributed by atoms with van der Waals surface area (Å²) in [5, 5.41) is 1.24. The first kappa shape index (κ1) is 21.6. The maximum absolute atomic E-state index is 13.5. The van der Waals surface area contributed by atoms with E-state index in [0.29, 0.717) is 22.4 Å². The number of hydrogen-bond donors (Lipinski definition) is 0. The van der Waals surface area contributed by atoms with Crippen LogP contribution in [0.5, 0.6) is 0 Å². The zero-order valence-corrected chi connectivity index (χ0v) is 18.7. The number of allylic oxidation sites excluding steroid dienone is 1. The van der Waals surface area contributed by atoms with E-state index in [4.69, 9.17) is 4.74 Å². The lowest BCUT2D eigenvalue weighted by Crippen LogP contribution is -2.49. The third kappa shape index (κ3) is 3.07. The molecule has 0 aromatic rings. The Kier molecular flexibility index (Phi) is 7.09. The summed E-state index contributed by atoms with van der Waals surface area (Å²) in [5.74, 6) is 0.320. The van der Waals surface area contributed by atoms with Crippen molar-refractivity contribution in [2.75, 3.05) is 7.11 Å². The molecular formula is C21H40O2Si. The Morgan fingerprint density at radius 1 is 1.08 bits per heavy atom. The number of hydrogen-bond acceptors (Lipinski definition) is 2. The molecule has 0 saturated heterocycles.